The Balaban J connectivity index is 0.00000288. The molecule has 0 radical (unpaired) electrons. The summed E-state index contributed by atoms with van der Waals surface area (Å²) >= 11 is 0. The number of hydrogen-bond donors (Lipinski definition) is 2. The van der Waals surface area contributed by atoms with Crippen molar-refractivity contribution in [1.29, 1.82) is 0 Å². The van der Waals surface area contributed by atoms with Gasteiger partial charge in [0.05, 0.1) is 11.1 Å². The van der Waals surface area contributed by atoms with Gasteiger partial charge in [-0.25, -0.2) is 0 Å². The highest BCUT2D eigenvalue weighted by molar-refractivity contribution is 5.85. The van der Waals surface area contributed by atoms with Gasteiger partial charge in [0.15, 0.2) is 0 Å². The Morgan fingerprint density at radius 1 is 1.38 bits per heavy atom. The Kier molecular flexibility index (Phi) is 7.87. The average molecular weight is 359 g/mol. The summed E-state index contributed by atoms with van der Waals surface area (Å²) in [6, 6.07) is 2.10. The minimum atomic E-state index is -0.599. The van der Waals surface area contributed by atoms with E-state index < -0.39 is 10.5 Å². The van der Waals surface area contributed by atoms with Gasteiger partial charge in [0.2, 0.25) is 5.91 Å². The number of nitrogens with two attached hydrogens (primary N) is 1. The van der Waals surface area contributed by atoms with Gasteiger partial charge in [0.25, 0.3) is 11.2 Å². The Hall–Kier alpha value is -1.93. The molecule has 0 aromatic carbocycles. The summed E-state index contributed by atoms with van der Waals surface area (Å²) in [7, 11) is 0. The Labute approximate surface area is 146 Å². The second kappa shape index (κ2) is 9.39. The second-order valence-corrected chi connectivity index (χ2v) is 5.92. The van der Waals surface area contributed by atoms with Crippen molar-refractivity contribution in [1.82, 2.24) is 9.88 Å². The van der Waals surface area contributed by atoms with Crippen LogP contribution in [0.2, 0.25) is 0 Å². The van der Waals surface area contributed by atoms with E-state index in [4.69, 9.17) is 5.73 Å². The summed E-state index contributed by atoms with van der Waals surface area (Å²) in [5.41, 5.74) is 5.09. The zero-order valence-electron chi connectivity index (χ0n) is 13.3. The van der Waals surface area contributed by atoms with Crippen LogP contribution in [-0.4, -0.2) is 28.0 Å². The van der Waals surface area contributed by atoms with E-state index in [9.17, 15) is 19.7 Å². The number of nitro groups is 1. The average Bonchev–Trinajstić information content (AvgIpc) is 2.55. The number of rotatable bonds is 6. The van der Waals surface area contributed by atoms with Gasteiger partial charge < -0.3 is 11.1 Å². The molecular formula is C15H23ClN4O4. The van der Waals surface area contributed by atoms with Crippen molar-refractivity contribution in [3.8, 4) is 0 Å². The molecule has 0 spiro atoms. The van der Waals surface area contributed by atoms with E-state index >= 15 is 0 Å². The first-order chi connectivity index (χ1) is 11.0. The fourth-order valence-electron chi connectivity index (χ4n) is 3.06. The number of carbonyl (C=O) groups excluding carboxylic acids is 1. The molecule has 1 saturated carbocycles. The van der Waals surface area contributed by atoms with Crippen LogP contribution in [0.1, 0.15) is 32.1 Å². The van der Waals surface area contributed by atoms with Gasteiger partial charge in [-0.3, -0.25) is 24.3 Å². The topological polar surface area (TPSA) is 120 Å². The molecular weight excluding hydrogens is 336 g/mol. The van der Waals surface area contributed by atoms with Crippen LogP contribution in [0.15, 0.2) is 23.1 Å². The lowest BCUT2D eigenvalue weighted by Crippen LogP contribution is -2.47. The van der Waals surface area contributed by atoms with E-state index in [1.807, 2.05) is 0 Å². The Bertz CT molecular complexity index is 628. The maximum absolute atomic E-state index is 12.2. The monoisotopic (exact) mass is 358 g/mol. The van der Waals surface area contributed by atoms with Gasteiger partial charge in [0, 0.05) is 24.7 Å². The molecule has 1 unspecified atom stereocenters. The molecule has 1 amide bonds. The number of nitrogens with one attached hydrogen (secondary N) is 1. The quantitative estimate of drug-likeness (QED) is 0.584. The molecule has 1 heterocycles. The number of nitrogens with zero attached hydrogens (tertiary/aromatic N) is 2. The molecule has 8 nitrogen and oxygen atoms in total. The molecule has 1 aliphatic carbocycles. The van der Waals surface area contributed by atoms with Gasteiger partial charge in [-0.15, -0.1) is 12.4 Å². The zero-order valence-corrected chi connectivity index (χ0v) is 14.2. The molecule has 1 aromatic rings. The van der Waals surface area contributed by atoms with Gasteiger partial charge in [-0.1, -0.05) is 19.3 Å². The highest BCUT2D eigenvalue weighted by atomic mass is 35.5. The van der Waals surface area contributed by atoms with Crippen LogP contribution in [0.25, 0.3) is 0 Å². The summed E-state index contributed by atoms with van der Waals surface area (Å²) in [4.78, 5) is 34.0. The van der Waals surface area contributed by atoms with Crippen molar-refractivity contribution in [3.05, 3.63) is 38.8 Å². The predicted octanol–water partition coefficient (Wildman–Crippen LogP) is 1.20. The molecule has 24 heavy (non-hydrogen) atoms. The largest absolute Gasteiger partial charge is 0.350 e. The third-order valence-electron chi connectivity index (χ3n) is 4.31. The lowest BCUT2D eigenvalue weighted by atomic mass is 9.84. The van der Waals surface area contributed by atoms with E-state index in [0.717, 1.165) is 48.6 Å². The van der Waals surface area contributed by atoms with Crippen molar-refractivity contribution >= 4 is 24.0 Å². The van der Waals surface area contributed by atoms with Crippen LogP contribution in [0.4, 0.5) is 5.69 Å². The number of halogens is 1. The lowest BCUT2D eigenvalue weighted by Gasteiger charge is -2.30. The SMILES string of the molecule is Cl.NCC(NC(=O)Cn1cc([N+](=O)[O-])ccc1=O)C1CCCCC1. The Morgan fingerprint density at radius 2 is 2.04 bits per heavy atom. The number of pyridine rings is 1. The van der Waals surface area contributed by atoms with Crippen LogP contribution in [-0.2, 0) is 11.3 Å². The van der Waals surface area contributed by atoms with Gasteiger partial charge >= 0.3 is 0 Å². The first-order valence-corrected chi connectivity index (χ1v) is 7.85. The minimum Gasteiger partial charge on any atom is -0.350 e. The smallest absolute Gasteiger partial charge is 0.285 e. The van der Waals surface area contributed by atoms with Crippen LogP contribution in [0, 0.1) is 16.0 Å². The normalized spacial score (nSPS) is 16.0. The molecule has 1 aromatic heterocycles. The number of carbonyl (C=O) groups is 1. The molecule has 0 saturated heterocycles. The zero-order chi connectivity index (χ0) is 16.8. The maximum Gasteiger partial charge on any atom is 0.285 e. The molecule has 134 valence electrons. The van der Waals surface area contributed by atoms with Crippen molar-refractivity contribution in [2.24, 2.45) is 11.7 Å². The molecule has 2 rings (SSSR count). The predicted molar refractivity (Wildman–Crippen MR) is 92.2 cm³/mol. The maximum atomic E-state index is 12.2. The second-order valence-electron chi connectivity index (χ2n) is 5.92. The molecule has 3 N–H and O–H groups in total. The van der Waals surface area contributed by atoms with E-state index in [0.29, 0.717) is 12.5 Å². The number of amides is 1. The number of hydrogen-bond acceptors (Lipinski definition) is 5. The first-order valence-electron chi connectivity index (χ1n) is 7.85. The summed E-state index contributed by atoms with van der Waals surface area (Å²) in [6.07, 6.45) is 6.66. The molecule has 9 heteroatoms. The van der Waals surface area contributed by atoms with E-state index in [1.54, 1.807) is 0 Å². The fraction of sp³-hybridized carbons (Fsp3) is 0.600. The third-order valence-corrected chi connectivity index (χ3v) is 4.31. The fourth-order valence-corrected chi connectivity index (χ4v) is 3.06. The summed E-state index contributed by atoms with van der Waals surface area (Å²) in [6.45, 7) is 0.101. The Morgan fingerprint density at radius 3 is 2.62 bits per heavy atom. The van der Waals surface area contributed by atoms with Crippen LogP contribution in [0.5, 0.6) is 0 Å². The summed E-state index contributed by atoms with van der Waals surface area (Å²) in [5.74, 6) is 0.00755. The van der Waals surface area contributed by atoms with Crippen molar-refractivity contribution < 1.29 is 9.72 Å². The lowest BCUT2D eigenvalue weighted by molar-refractivity contribution is -0.385. The van der Waals surface area contributed by atoms with Crippen LogP contribution < -0.4 is 16.6 Å². The van der Waals surface area contributed by atoms with Crippen LogP contribution >= 0.6 is 12.4 Å². The van der Waals surface area contributed by atoms with Crippen molar-refractivity contribution in [2.75, 3.05) is 6.54 Å². The molecule has 1 fully saturated rings. The highest BCUT2D eigenvalue weighted by Crippen LogP contribution is 2.26. The minimum absolute atomic E-state index is 0. The summed E-state index contributed by atoms with van der Waals surface area (Å²) < 4.78 is 1.04. The van der Waals surface area contributed by atoms with Gasteiger partial charge in [-0.2, -0.15) is 0 Å². The standard InChI is InChI=1S/C15H22N4O4.ClH/c16-8-13(11-4-2-1-3-5-11)17-14(20)10-18-9-12(19(22)23)6-7-15(18)21;/h6-7,9,11,13H,1-5,8,10,16H2,(H,17,20);1H. The molecule has 0 bridgehead atoms. The van der Waals surface area contributed by atoms with Gasteiger partial charge in [0.1, 0.15) is 6.54 Å². The summed E-state index contributed by atoms with van der Waals surface area (Å²) in [5, 5.41) is 13.6. The number of aromatic nitrogens is 1. The van der Waals surface area contributed by atoms with E-state index in [1.165, 1.54) is 6.42 Å². The van der Waals surface area contributed by atoms with Crippen molar-refractivity contribution in [2.45, 2.75) is 44.7 Å². The highest BCUT2D eigenvalue weighted by Gasteiger charge is 2.24. The van der Waals surface area contributed by atoms with E-state index in [2.05, 4.69) is 5.32 Å². The van der Waals surface area contributed by atoms with Crippen molar-refractivity contribution in [3.63, 3.8) is 0 Å². The van der Waals surface area contributed by atoms with E-state index in [-0.39, 0.29) is 36.6 Å². The molecule has 0 aliphatic heterocycles. The molecule has 1 aliphatic rings. The van der Waals surface area contributed by atoms with Crippen LogP contribution in [0.3, 0.4) is 0 Å². The first kappa shape index (κ1) is 20.1. The third kappa shape index (κ3) is 5.31. The molecule has 1 atom stereocenters. The van der Waals surface area contributed by atoms with Gasteiger partial charge in [-0.05, 0) is 18.8 Å².